The molecule has 4 aromatic rings. The van der Waals surface area contributed by atoms with Gasteiger partial charge in [-0.1, -0.05) is 148 Å². The molecule has 1 aliphatic heterocycles. The van der Waals surface area contributed by atoms with Crippen molar-refractivity contribution in [2.75, 3.05) is 11.4 Å². The van der Waals surface area contributed by atoms with Crippen molar-refractivity contribution in [2.45, 2.75) is 91.0 Å². The highest BCUT2D eigenvalue weighted by Crippen LogP contribution is 2.50. The first-order chi connectivity index (χ1) is 32.7. The van der Waals surface area contributed by atoms with Crippen molar-refractivity contribution >= 4 is 48.1 Å². The third kappa shape index (κ3) is 9.23. The average molecular weight is 879 g/mol. The van der Waals surface area contributed by atoms with Crippen LogP contribution in [-0.2, 0) is 11.8 Å². The summed E-state index contributed by atoms with van der Waals surface area (Å²) in [5.41, 5.74) is 16.5. The lowest BCUT2D eigenvalue weighted by molar-refractivity contribution is 0.576. The van der Waals surface area contributed by atoms with Gasteiger partial charge in [0.15, 0.2) is 0 Å². The van der Waals surface area contributed by atoms with Crippen LogP contribution >= 0.6 is 0 Å². The first-order valence-electron chi connectivity index (χ1n) is 24.1. The number of hydrogen-bond donors (Lipinski definition) is 0. The molecule has 4 heteroatoms. The van der Waals surface area contributed by atoms with Gasteiger partial charge in [-0.3, -0.25) is 9.98 Å². The van der Waals surface area contributed by atoms with Crippen LogP contribution in [0.2, 0.25) is 0 Å². The largest absolute Gasteiger partial charge is 0.337 e. The van der Waals surface area contributed by atoms with Gasteiger partial charge >= 0.3 is 0 Å². The Bertz CT molecular complexity index is 3160. The zero-order valence-electron chi connectivity index (χ0n) is 40.4. The predicted octanol–water partition coefficient (Wildman–Crippen LogP) is 14.1. The van der Waals surface area contributed by atoms with Gasteiger partial charge in [-0.25, -0.2) is 0 Å². The smallest absolute Gasteiger partial charge is 0.0717 e. The molecule has 0 spiro atoms. The van der Waals surface area contributed by atoms with E-state index in [4.69, 9.17) is 4.99 Å². The van der Waals surface area contributed by atoms with Crippen LogP contribution in [0.4, 0.5) is 5.69 Å². The van der Waals surface area contributed by atoms with Crippen LogP contribution in [0.1, 0.15) is 101 Å². The number of allylic oxidation sites excluding steroid dienone is 14. The standard InChI is InChI=1S/C63H66N4/c1-10-15-27-45(13-4)43-65-57(46-28-17-16-18-29-46)42-56(64-9)49-30-23-31-51(39-49)67-58(14-5)62(52-32-20-19-26-44(52)6)53-40-47(35-37-59(53)67)48-36-38-61-55(41-48)63(7,8)54-33-21-22-34-60(54)66(61)50(24-11-2)25-12-3/h10-15,17,19-21,23,25-33,36,38-42,50H,1-2,6,9,16,18,22,24,34-35,37,43H2,3-5,7-8H3/b25-12-,27-15-,45-13+,56-42-,58-14+,62-52-,65-57?. The molecule has 0 saturated carbocycles. The molecule has 8 rings (SSSR count). The van der Waals surface area contributed by atoms with Crippen LogP contribution in [0, 0.1) is 10.4 Å². The molecule has 4 nitrogen and oxygen atoms in total. The van der Waals surface area contributed by atoms with E-state index in [-0.39, 0.29) is 11.5 Å². The van der Waals surface area contributed by atoms with E-state index in [1.165, 1.54) is 50.1 Å². The van der Waals surface area contributed by atoms with Gasteiger partial charge in [0.25, 0.3) is 0 Å². The molecule has 338 valence electrons. The number of anilines is 1. The molecule has 0 saturated heterocycles. The van der Waals surface area contributed by atoms with Gasteiger partial charge in [-0.05, 0) is 153 Å². The topological polar surface area (TPSA) is 32.9 Å². The lowest BCUT2D eigenvalue weighted by Gasteiger charge is -2.47. The lowest BCUT2D eigenvalue weighted by atomic mass is 9.70. The molecule has 1 atom stereocenters. The van der Waals surface area contributed by atoms with E-state index in [0.29, 0.717) is 6.54 Å². The first-order valence-corrected chi connectivity index (χ1v) is 24.1. The van der Waals surface area contributed by atoms with Crippen molar-refractivity contribution in [3.05, 3.63) is 230 Å². The maximum Gasteiger partial charge on any atom is 0.0717 e. The Labute approximate surface area is 399 Å². The minimum Gasteiger partial charge on any atom is -0.337 e. The van der Waals surface area contributed by atoms with E-state index in [1.54, 1.807) is 6.08 Å². The molecule has 2 heterocycles. The summed E-state index contributed by atoms with van der Waals surface area (Å²) in [5, 5.41) is 4.52. The van der Waals surface area contributed by atoms with Crippen LogP contribution in [0.25, 0.3) is 35.7 Å². The molecule has 3 aliphatic carbocycles. The predicted molar refractivity (Wildman–Crippen MR) is 291 cm³/mol. The van der Waals surface area contributed by atoms with E-state index in [1.807, 2.05) is 13.0 Å². The Balaban J connectivity index is 1.28. The van der Waals surface area contributed by atoms with Crippen molar-refractivity contribution in [3.8, 4) is 5.69 Å². The number of benzene rings is 3. The van der Waals surface area contributed by atoms with Crippen LogP contribution in [0.5, 0.6) is 0 Å². The molecule has 67 heavy (non-hydrogen) atoms. The lowest BCUT2D eigenvalue weighted by Crippen LogP contribution is -2.42. The van der Waals surface area contributed by atoms with E-state index >= 15 is 0 Å². The Morgan fingerprint density at radius 2 is 1.75 bits per heavy atom. The third-order valence-corrected chi connectivity index (χ3v) is 13.8. The molecule has 1 unspecified atom stereocenters. The van der Waals surface area contributed by atoms with Crippen molar-refractivity contribution < 1.29 is 0 Å². The fourth-order valence-electron chi connectivity index (χ4n) is 10.4. The summed E-state index contributed by atoms with van der Waals surface area (Å²) in [7, 11) is 0. The Morgan fingerprint density at radius 1 is 0.910 bits per heavy atom. The molecule has 0 amide bonds. The van der Waals surface area contributed by atoms with E-state index in [0.717, 1.165) is 94.5 Å². The van der Waals surface area contributed by atoms with Crippen molar-refractivity contribution in [2.24, 2.45) is 9.98 Å². The summed E-state index contributed by atoms with van der Waals surface area (Å²) in [6.45, 7) is 28.3. The molecule has 1 aromatic heterocycles. The van der Waals surface area contributed by atoms with Crippen LogP contribution in [0.15, 0.2) is 191 Å². The second-order valence-corrected chi connectivity index (χ2v) is 18.3. The zero-order chi connectivity index (χ0) is 47.1. The number of aliphatic imine (C=N–C) groups is 2. The summed E-state index contributed by atoms with van der Waals surface area (Å²) in [6.07, 6.45) is 39.5. The number of aromatic nitrogens is 1. The Kier molecular flexibility index (Phi) is 14.3. The number of nitrogens with zero attached hydrogens (tertiary/aromatic N) is 4. The highest BCUT2D eigenvalue weighted by atomic mass is 15.2. The zero-order valence-corrected chi connectivity index (χ0v) is 40.4. The van der Waals surface area contributed by atoms with Gasteiger partial charge < -0.3 is 9.47 Å². The number of rotatable bonds is 14. The maximum absolute atomic E-state index is 5.15. The van der Waals surface area contributed by atoms with Gasteiger partial charge in [0.1, 0.15) is 0 Å². The monoisotopic (exact) mass is 879 g/mol. The molecule has 0 bridgehead atoms. The second-order valence-electron chi connectivity index (χ2n) is 18.3. The van der Waals surface area contributed by atoms with Crippen molar-refractivity contribution in [1.29, 1.82) is 0 Å². The van der Waals surface area contributed by atoms with Crippen molar-refractivity contribution in [1.82, 2.24) is 4.57 Å². The first kappa shape index (κ1) is 46.5. The molecule has 0 N–H and O–H groups in total. The SMILES string of the molecule is C=C/C=C\C(=C/C)CN=C(/C=C(\N=C)c1cccc(-n2c3c(c(=c4\ccccc4=C)/c2=C\C)C=C(c2ccc4c(c2)C(C)(C)C2=C(CCC=C2)N4C(/C=C\C)CC=C)CC3)c1)C1=CCCC=C1. The quantitative estimate of drug-likeness (QED) is 0.0706. The second kappa shape index (κ2) is 20.6. The van der Waals surface area contributed by atoms with Gasteiger partial charge in [0.05, 0.1) is 29.3 Å². The normalized spacial score (nSPS) is 18.4. The molecule has 4 aliphatic rings. The molecular formula is C63H66N4. The van der Waals surface area contributed by atoms with Crippen molar-refractivity contribution in [3.63, 3.8) is 0 Å². The van der Waals surface area contributed by atoms with E-state index in [2.05, 4.69) is 214 Å². The minimum atomic E-state index is -0.150. The van der Waals surface area contributed by atoms with Crippen LogP contribution < -0.4 is 15.5 Å². The van der Waals surface area contributed by atoms with E-state index < -0.39 is 0 Å². The molecule has 3 aromatic carbocycles. The number of hydrogen-bond acceptors (Lipinski definition) is 3. The van der Waals surface area contributed by atoms with E-state index in [9.17, 15) is 0 Å². The average Bonchev–Trinajstić information content (AvgIpc) is 3.69. The number of fused-ring (bicyclic) bond motifs is 2. The third-order valence-electron chi connectivity index (χ3n) is 13.8. The van der Waals surface area contributed by atoms with Gasteiger partial charge in [0, 0.05) is 44.5 Å². The van der Waals surface area contributed by atoms with Crippen LogP contribution in [0.3, 0.4) is 0 Å². The van der Waals surface area contributed by atoms with Gasteiger partial charge in [0.2, 0.25) is 0 Å². The Hall–Kier alpha value is -7.04. The highest BCUT2D eigenvalue weighted by Gasteiger charge is 2.40. The molecule has 0 fully saturated rings. The minimum absolute atomic E-state index is 0.150. The Morgan fingerprint density at radius 3 is 2.48 bits per heavy atom. The fourth-order valence-corrected chi connectivity index (χ4v) is 10.4. The van der Waals surface area contributed by atoms with Gasteiger partial charge in [-0.15, -0.1) is 6.58 Å². The summed E-state index contributed by atoms with van der Waals surface area (Å²) < 4.78 is 2.47. The summed E-state index contributed by atoms with van der Waals surface area (Å²) in [5.74, 6) is 0. The molecule has 0 radical (unpaired) electrons. The fraction of sp³-hybridized carbons (Fsp3) is 0.238. The van der Waals surface area contributed by atoms with Gasteiger partial charge in [-0.2, -0.15) is 0 Å². The maximum atomic E-state index is 5.15. The summed E-state index contributed by atoms with van der Waals surface area (Å²) in [4.78, 5) is 12.4. The summed E-state index contributed by atoms with van der Waals surface area (Å²) in [6, 6.07) is 24.8. The highest BCUT2D eigenvalue weighted by molar-refractivity contribution is 6.14. The molecular weight excluding hydrogens is 813 g/mol. The van der Waals surface area contributed by atoms with Crippen LogP contribution in [-0.4, -0.2) is 29.6 Å². The summed E-state index contributed by atoms with van der Waals surface area (Å²) >= 11 is 0.